The van der Waals surface area contributed by atoms with Crippen LogP contribution in [0.5, 0.6) is 23.0 Å². The number of nitrogens with zero attached hydrogens (tertiary/aromatic N) is 3. The molecule has 3 heterocycles. The number of benzene rings is 2. The van der Waals surface area contributed by atoms with Crippen molar-refractivity contribution in [2.24, 2.45) is 5.41 Å². The average Bonchev–Trinajstić information content (AvgIpc) is 3.50. The molecule has 3 fully saturated rings. The summed E-state index contributed by atoms with van der Waals surface area (Å²) in [5.74, 6) is -0.465. The minimum atomic E-state index is -0.407. The van der Waals surface area contributed by atoms with Gasteiger partial charge in [-0.05, 0) is 49.9 Å². The molecule has 1 spiro atoms. The van der Waals surface area contributed by atoms with Gasteiger partial charge in [0.2, 0.25) is 5.76 Å². The Kier molecular flexibility index (Phi) is 8.69. The maximum Gasteiger partial charge on any atom is 0.290 e. The van der Waals surface area contributed by atoms with Crippen LogP contribution in [0.4, 0.5) is 5.69 Å². The van der Waals surface area contributed by atoms with E-state index in [9.17, 15) is 15.0 Å². The fraction of sp³-hybridized carbons (Fsp3) is 0.529. The van der Waals surface area contributed by atoms with E-state index in [0.29, 0.717) is 11.8 Å². The molecule has 1 saturated carbocycles. The number of carbonyl (C=O) groups is 1. The molecule has 0 bridgehead atoms. The second-order valence-electron chi connectivity index (χ2n) is 13.6. The fourth-order valence-corrected chi connectivity index (χ4v) is 6.46. The highest BCUT2D eigenvalue weighted by Crippen LogP contribution is 2.43. The summed E-state index contributed by atoms with van der Waals surface area (Å²) in [6, 6.07) is 12.0. The molecule has 1 aliphatic carbocycles. The van der Waals surface area contributed by atoms with Gasteiger partial charge in [0.15, 0.2) is 5.79 Å². The van der Waals surface area contributed by atoms with Gasteiger partial charge in [-0.1, -0.05) is 19.0 Å². The summed E-state index contributed by atoms with van der Waals surface area (Å²) in [6.45, 7) is 7.66. The van der Waals surface area contributed by atoms with Crippen LogP contribution in [0.2, 0.25) is 0 Å². The van der Waals surface area contributed by atoms with E-state index in [4.69, 9.17) is 18.7 Å². The molecule has 0 atom stereocenters. The van der Waals surface area contributed by atoms with E-state index in [-0.39, 0.29) is 51.6 Å². The zero-order valence-corrected chi connectivity index (χ0v) is 26.5. The van der Waals surface area contributed by atoms with Gasteiger partial charge in [-0.15, -0.1) is 0 Å². The van der Waals surface area contributed by atoms with Crippen molar-refractivity contribution in [2.75, 3.05) is 45.3 Å². The Labute approximate surface area is 264 Å². The second kappa shape index (κ2) is 12.5. The van der Waals surface area contributed by atoms with Crippen molar-refractivity contribution in [3.05, 3.63) is 48.2 Å². The number of amides is 1. The second-order valence-corrected chi connectivity index (χ2v) is 13.6. The lowest BCUT2D eigenvalue weighted by Crippen LogP contribution is -2.53. The van der Waals surface area contributed by atoms with Crippen LogP contribution in [0.3, 0.4) is 0 Å². The van der Waals surface area contributed by atoms with Gasteiger partial charge in [-0.2, -0.15) is 0 Å². The lowest BCUT2D eigenvalue weighted by atomic mass is 9.85. The number of aromatic nitrogens is 1. The molecule has 3 aliphatic rings. The molecule has 3 aromatic rings. The number of rotatable bonds is 7. The summed E-state index contributed by atoms with van der Waals surface area (Å²) in [7, 11) is 3.88. The Morgan fingerprint density at radius 2 is 1.67 bits per heavy atom. The summed E-state index contributed by atoms with van der Waals surface area (Å²) in [5.41, 5.74) is 1.50. The van der Waals surface area contributed by atoms with Gasteiger partial charge in [-0.25, -0.2) is 0 Å². The number of hydrogen-bond donors (Lipinski definition) is 3. The third kappa shape index (κ3) is 7.05. The molecule has 2 saturated heterocycles. The molecule has 45 heavy (non-hydrogen) atoms. The maximum absolute atomic E-state index is 13.1. The van der Waals surface area contributed by atoms with E-state index in [0.717, 1.165) is 70.5 Å². The van der Waals surface area contributed by atoms with Gasteiger partial charge < -0.3 is 44.1 Å². The lowest BCUT2D eigenvalue weighted by Gasteiger charge is -2.49. The first kappa shape index (κ1) is 31.2. The quantitative estimate of drug-likeness (QED) is 0.311. The molecule has 2 aliphatic heterocycles. The highest BCUT2D eigenvalue weighted by atomic mass is 16.7. The molecule has 242 valence electrons. The first-order valence-corrected chi connectivity index (χ1v) is 15.8. The minimum Gasteiger partial charge on any atom is -0.508 e. The van der Waals surface area contributed by atoms with Crippen LogP contribution >= 0.6 is 0 Å². The van der Waals surface area contributed by atoms with Crippen LogP contribution in [0.15, 0.2) is 47.0 Å². The van der Waals surface area contributed by atoms with Crippen LogP contribution in [-0.2, 0) is 9.47 Å². The normalized spacial score (nSPS) is 20.6. The van der Waals surface area contributed by atoms with Gasteiger partial charge in [0.05, 0.1) is 18.8 Å². The Hall–Kier alpha value is -3.80. The number of aromatic hydroxyl groups is 2. The number of piperidine rings is 1. The summed E-state index contributed by atoms with van der Waals surface area (Å²) in [6.07, 6.45) is 5.64. The number of anilines is 1. The first-order chi connectivity index (χ1) is 21.5. The monoisotopic (exact) mass is 620 g/mol. The number of hydrogen-bond acceptors (Lipinski definition) is 10. The van der Waals surface area contributed by atoms with Crippen LogP contribution < -0.4 is 15.0 Å². The molecule has 6 rings (SSSR count). The zero-order chi connectivity index (χ0) is 31.8. The molecule has 0 unspecified atom stereocenters. The first-order valence-electron chi connectivity index (χ1n) is 15.8. The van der Waals surface area contributed by atoms with Gasteiger partial charge in [0, 0.05) is 81.4 Å². The average molecular weight is 621 g/mol. The number of ether oxygens (including phenoxy) is 3. The number of carbonyl (C=O) groups excluding carboxylic acids is 1. The Morgan fingerprint density at radius 3 is 2.31 bits per heavy atom. The Morgan fingerprint density at radius 1 is 1.00 bits per heavy atom. The zero-order valence-electron chi connectivity index (χ0n) is 26.5. The van der Waals surface area contributed by atoms with Gasteiger partial charge >= 0.3 is 0 Å². The van der Waals surface area contributed by atoms with Crippen LogP contribution in [0.25, 0.3) is 11.3 Å². The van der Waals surface area contributed by atoms with E-state index in [1.807, 2.05) is 31.1 Å². The van der Waals surface area contributed by atoms with E-state index in [1.54, 1.807) is 12.1 Å². The van der Waals surface area contributed by atoms with Gasteiger partial charge in [-0.3, -0.25) is 4.79 Å². The van der Waals surface area contributed by atoms with Gasteiger partial charge in [0.25, 0.3) is 5.91 Å². The number of nitrogens with one attached hydrogen (secondary N) is 1. The van der Waals surface area contributed by atoms with Crippen LogP contribution in [0.1, 0.15) is 62.9 Å². The largest absolute Gasteiger partial charge is 0.508 e. The molecule has 1 amide bonds. The number of likely N-dealkylation sites (tertiary alicyclic amines) is 1. The van der Waals surface area contributed by atoms with E-state index < -0.39 is 5.79 Å². The van der Waals surface area contributed by atoms with Crippen molar-refractivity contribution in [2.45, 2.75) is 70.2 Å². The van der Waals surface area contributed by atoms with Crippen LogP contribution in [0, 0.1) is 5.41 Å². The number of phenolic OH excluding ortho intramolecular Hbond substituents is 2. The van der Waals surface area contributed by atoms with E-state index in [2.05, 4.69) is 29.2 Å². The highest BCUT2D eigenvalue weighted by Gasteiger charge is 2.44. The molecule has 11 heteroatoms. The molecule has 11 nitrogen and oxygen atoms in total. The summed E-state index contributed by atoms with van der Waals surface area (Å²) >= 11 is 0. The van der Waals surface area contributed by atoms with Crippen molar-refractivity contribution in [3.8, 4) is 34.3 Å². The fourth-order valence-electron chi connectivity index (χ4n) is 6.46. The molecular weight excluding hydrogens is 576 g/mol. The molecule has 2 aromatic carbocycles. The standard InChI is InChI=1S/C34H44N4O7/c1-33(2)20-42-34(43-21-33)13-9-24(10-14-34)38-15-11-22(12-16-38)35-32(41)30-19-27(36-45-30)31-28(40)17-25(39)18-29(31)44-26-7-5-23(6-8-26)37(3)4/h5-8,17-19,22,24,39-40H,9-16,20-21H2,1-4H3,(H,35,41). The van der Waals surface area contributed by atoms with Crippen LogP contribution in [-0.4, -0.2) is 84.4 Å². The predicted molar refractivity (Wildman–Crippen MR) is 169 cm³/mol. The van der Waals surface area contributed by atoms with Crippen molar-refractivity contribution >= 4 is 11.6 Å². The predicted octanol–water partition coefficient (Wildman–Crippen LogP) is 5.52. The smallest absolute Gasteiger partial charge is 0.290 e. The summed E-state index contributed by atoms with van der Waals surface area (Å²) in [5, 5.41) is 28.0. The minimum absolute atomic E-state index is 0.0237. The maximum atomic E-state index is 13.1. The van der Waals surface area contributed by atoms with E-state index >= 15 is 0 Å². The van der Waals surface area contributed by atoms with Gasteiger partial charge in [0.1, 0.15) is 28.7 Å². The molecular formula is C34H44N4O7. The molecule has 3 N–H and O–H groups in total. The molecule has 0 radical (unpaired) electrons. The third-order valence-corrected chi connectivity index (χ3v) is 9.19. The van der Waals surface area contributed by atoms with E-state index in [1.165, 1.54) is 18.2 Å². The van der Waals surface area contributed by atoms with Crippen molar-refractivity contribution in [1.29, 1.82) is 0 Å². The molecule has 1 aromatic heterocycles. The topological polar surface area (TPSA) is 130 Å². The number of phenols is 2. The van der Waals surface area contributed by atoms with Crippen molar-refractivity contribution in [3.63, 3.8) is 0 Å². The lowest BCUT2D eigenvalue weighted by molar-refractivity contribution is -0.312. The highest BCUT2D eigenvalue weighted by molar-refractivity contribution is 5.93. The summed E-state index contributed by atoms with van der Waals surface area (Å²) < 4.78 is 23.8. The third-order valence-electron chi connectivity index (χ3n) is 9.19. The van der Waals surface area contributed by atoms with Crippen molar-refractivity contribution < 1.29 is 33.7 Å². The Bertz CT molecular complexity index is 1470. The Balaban J connectivity index is 1.04. The van der Waals surface area contributed by atoms with Crippen molar-refractivity contribution in [1.82, 2.24) is 15.4 Å². The summed E-state index contributed by atoms with van der Waals surface area (Å²) in [4.78, 5) is 17.6. The SMILES string of the molecule is CN(C)c1ccc(Oc2cc(O)cc(O)c2-c2cc(C(=O)NC3CCN(C4CCC5(CC4)OCC(C)(C)CO5)CC3)on2)cc1.